The van der Waals surface area contributed by atoms with E-state index in [1.165, 1.54) is 30.1 Å². The van der Waals surface area contributed by atoms with Gasteiger partial charge in [-0.15, -0.1) is 11.3 Å². The summed E-state index contributed by atoms with van der Waals surface area (Å²) in [6.45, 7) is 2.05. The Kier molecular flexibility index (Phi) is 6.30. The maximum absolute atomic E-state index is 14.4. The molecular formula is C26H20Cl2FN3OS. The van der Waals surface area contributed by atoms with E-state index < -0.39 is 5.82 Å². The zero-order valence-electron chi connectivity index (χ0n) is 18.4. The van der Waals surface area contributed by atoms with E-state index in [1.54, 1.807) is 12.1 Å². The van der Waals surface area contributed by atoms with Crippen molar-refractivity contribution in [3.8, 4) is 17.0 Å². The molecule has 0 amide bonds. The molecule has 1 aliphatic rings. The Labute approximate surface area is 211 Å². The summed E-state index contributed by atoms with van der Waals surface area (Å²) < 4.78 is 19.5. The summed E-state index contributed by atoms with van der Waals surface area (Å²) in [7, 11) is 1.44. The van der Waals surface area contributed by atoms with Gasteiger partial charge >= 0.3 is 0 Å². The molecule has 2 heterocycles. The van der Waals surface area contributed by atoms with Gasteiger partial charge in [-0.1, -0.05) is 59.1 Å². The van der Waals surface area contributed by atoms with Gasteiger partial charge in [-0.25, -0.2) is 14.4 Å². The van der Waals surface area contributed by atoms with Crippen molar-refractivity contribution >= 4 is 45.4 Å². The van der Waals surface area contributed by atoms with Crippen LogP contribution in [0.5, 0.6) is 5.75 Å². The van der Waals surface area contributed by atoms with Gasteiger partial charge in [0.25, 0.3) is 0 Å². The molecule has 34 heavy (non-hydrogen) atoms. The summed E-state index contributed by atoms with van der Waals surface area (Å²) in [6.07, 6.45) is 0.534. The van der Waals surface area contributed by atoms with Crippen LogP contribution in [0.3, 0.4) is 0 Å². The number of hydrogen-bond donors (Lipinski definition) is 0. The number of aryl methyl sites for hydroxylation is 1. The van der Waals surface area contributed by atoms with Crippen molar-refractivity contribution < 1.29 is 9.13 Å². The van der Waals surface area contributed by atoms with Crippen molar-refractivity contribution in [1.29, 1.82) is 0 Å². The van der Waals surface area contributed by atoms with Crippen molar-refractivity contribution in [2.75, 3.05) is 12.1 Å². The van der Waals surface area contributed by atoms with Gasteiger partial charge in [-0.2, -0.15) is 5.10 Å². The van der Waals surface area contributed by atoms with Gasteiger partial charge in [0.05, 0.1) is 24.6 Å². The quantitative estimate of drug-likeness (QED) is 0.273. The fourth-order valence-corrected chi connectivity index (χ4v) is 5.31. The first-order chi connectivity index (χ1) is 16.4. The van der Waals surface area contributed by atoms with Gasteiger partial charge in [0, 0.05) is 33.0 Å². The molecule has 0 saturated heterocycles. The molecular weight excluding hydrogens is 492 g/mol. The summed E-state index contributed by atoms with van der Waals surface area (Å²) in [5.41, 5.74) is 5.41. The van der Waals surface area contributed by atoms with Crippen LogP contribution < -0.4 is 9.75 Å². The number of ether oxygens (including phenoxy) is 1. The lowest BCUT2D eigenvalue weighted by Gasteiger charge is -2.22. The summed E-state index contributed by atoms with van der Waals surface area (Å²) in [5.74, 6) is -0.239. The summed E-state index contributed by atoms with van der Waals surface area (Å²) in [4.78, 5) is 4.86. The number of halogens is 3. The summed E-state index contributed by atoms with van der Waals surface area (Å²) in [5, 5.41) is 10.6. The van der Waals surface area contributed by atoms with Crippen LogP contribution in [0.4, 0.5) is 9.52 Å². The van der Waals surface area contributed by atoms with Crippen molar-refractivity contribution in [3.63, 3.8) is 0 Å². The molecule has 1 unspecified atom stereocenters. The number of anilines is 1. The average Bonchev–Trinajstić information content (AvgIpc) is 3.47. The maximum atomic E-state index is 14.4. The first-order valence-electron chi connectivity index (χ1n) is 10.6. The van der Waals surface area contributed by atoms with Crippen molar-refractivity contribution in [1.82, 2.24) is 4.98 Å². The molecule has 0 spiro atoms. The Balaban J connectivity index is 1.55. The van der Waals surface area contributed by atoms with Crippen LogP contribution in [0.15, 0.2) is 71.1 Å². The van der Waals surface area contributed by atoms with Crippen LogP contribution >= 0.6 is 34.5 Å². The molecule has 0 radical (unpaired) electrons. The number of rotatable bonds is 5. The maximum Gasteiger partial charge on any atom is 0.207 e. The fourth-order valence-electron chi connectivity index (χ4n) is 3.95. The van der Waals surface area contributed by atoms with Gasteiger partial charge in [-0.05, 0) is 42.8 Å². The van der Waals surface area contributed by atoms with E-state index >= 15 is 0 Å². The predicted molar refractivity (Wildman–Crippen MR) is 138 cm³/mol. The third-order valence-corrected chi connectivity index (χ3v) is 7.14. The lowest BCUT2D eigenvalue weighted by Crippen LogP contribution is -2.18. The van der Waals surface area contributed by atoms with Crippen molar-refractivity contribution in [2.45, 2.75) is 19.4 Å². The van der Waals surface area contributed by atoms with E-state index in [0.717, 1.165) is 27.7 Å². The second-order valence-corrected chi connectivity index (χ2v) is 9.69. The fraction of sp³-hybridized carbons (Fsp3) is 0.154. The van der Waals surface area contributed by atoms with Gasteiger partial charge in [-0.3, -0.25) is 0 Å². The Bertz CT molecular complexity index is 1390. The highest BCUT2D eigenvalue weighted by Crippen LogP contribution is 2.42. The van der Waals surface area contributed by atoms with Gasteiger partial charge in [0.1, 0.15) is 0 Å². The van der Waals surface area contributed by atoms with E-state index in [1.807, 2.05) is 28.6 Å². The lowest BCUT2D eigenvalue weighted by atomic mass is 9.98. The number of hydrogen-bond acceptors (Lipinski definition) is 5. The van der Waals surface area contributed by atoms with E-state index in [4.69, 9.17) is 38.0 Å². The molecule has 0 saturated carbocycles. The minimum absolute atomic E-state index is 0.194. The van der Waals surface area contributed by atoms with E-state index in [0.29, 0.717) is 22.0 Å². The lowest BCUT2D eigenvalue weighted by molar-refractivity contribution is 0.386. The molecule has 5 rings (SSSR count). The number of hydrazone groups is 1. The third kappa shape index (κ3) is 4.41. The Morgan fingerprint density at radius 2 is 1.79 bits per heavy atom. The normalized spacial score (nSPS) is 15.5. The van der Waals surface area contributed by atoms with Gasteiger partial charge in [0.2, 0.25) is 5.13 Å². The minimum Gasteiger partial charge on any atom is -0.494 e. The zero-order chi connectivity index (χ0) is 23.8. The number of methoxy groups -OCH3 is 1. The highest BCUT2D eigenvalue weighted by molar-refractivity contribution is 7.14. The standard InChI is InChI=1S/C26H20Cl2FN3OS/c1-15-3-5-16(6-4-15)23-14-34-26(30-23)32-24(19-9-8-18(27)12-20(19)28)13-22(31-32)17-7-10-25(33-2)21(29)11-17/h3-12,14,24H,13H2,1-2H3. The number of aromatic nitrogens is 1. The molecule has 0 N–H and O–H groups in total. The van der Waals surface area contributed by atoms with Crippen molar-refractivity contribution in [3.05, 3.63) is 98.6 Å². The third-order valence-electron chi connectivity index (χ3n) is 5.75. The molecule has 172 valence electrons. The second kappa shape index (κ2) is 9.37. The topological polar surface area (TPSA) is 37.7 Å². The summed E-state index contributed by atoms with van der Waals surface area (Å²) in [6, 6.07) is 18.3. The van der Waals surface area contributed by atoms with Crippen LogP contribution in [-0.2, 0) is 0 Å². The SMILES string of the molecule is COc1ccc(C2=NN(c3nc(-c4ccc(C)cc4)cs3)C(c3ccc(Cl)cc3Cl)C2)cc1F. The number of thiazole rings is 1. The van der Waals surface area contributed by atoms with Crippen LogP contribution in [0.1, 0.15) is 29.2 Å². The van der Waals surface area contributed by atoms with Crippen LogP contribution in [0.2, 0.25) is 10.0 Å². The Hall–Kier alpha value is -2.93. The molecule has 0 bridgehead atoms. The molecule has 4 nitrogen and oxygen atoms in total. The van der Waals surface area contributed by atoms with Crippen molar-refractivity contribution in [2.24, 2.45) is 5.10 Å². The first-order valence-corrected chi connectivity index (χ1v) is 12.2. The molecule has 0 fully saturated rings. The summed E-state index contributed by atoms with van der Waals surface area (Å²) >= 11 is 14.2. The molecule has 3 aromatic carbocycles. The molecule has 1 aliphatic heterocycles. The largest absolute Gasteiger partial charge is 0.494 e. The van der Waals surface area contributed by atoms with E-state index in [2.05, 4.69) is 31.2 Å². The molecule has 4 aromatic rings. The molecule has 1 atom stereocenters. The number of benzene rings is 3. The molecule has 0 aliphatic carbocycles. The minimum atomic E-state index is -0.432. The van der Waals surface area contributed by atoms with E-state index in [-0.39, 0.29) is 11.8 Å². The second-order valence-electron chi connectivity index (χ2n) is 8.01. The predicted octanol–water partition coefficient (Wildman–Crippen LogP) is 7.93. The van der Waals surface area contributed by atoms with Crippen LogP contribution in [0.25, 0.3) is 11.3 Å². The average molecular weight is 512 g/mol. The van der Waals surface area contributed by atoms with E-state index in [9.17, 15) is 4.39 Å². The zero-order valence-corrected chi connectivity index (χ0v) is 20.8. The van der Waals surface area contributed by atoms with Crippen LogP contribution in [-0.4, -0.2) is 17.8 Å². The van der Waals surface area contributed by atoms with Crippen LogP contribution in [0, 0.1) is 12.7 Å². The highest BCUT2D eigenvalue weighted by atomic mass is 35.5. The highest BCUT2D eigenvalue weighted by Gasteiger charge is 2.33. The smallest absolute Gasteiger partial charge is 0.207 e. The molecule has 8 heteroatoms. The van der Waals surface area contributed by atoms with Gasteiger partial charge in [0.15, 0.2) is 11.6 Å². The Morgan fingerprint density at radius 3 is 2.50 bits per heavy atom. The Morgan fingerprint density at radius 1 is 1.03 bits per heavy atom. The molecule has 1 aromatic heterocycles. The van der Waals surface area contributed by atoms with Gasteiger partial charge < -0.3 is 4.74 Å². The monoisotopic (exact) mass is 511 g/mol. The first kappa shape index (κ1) is 22.8. The number of nitrogens with zero attached hydrogens (tertiary/aromatic N) is 3.